The summed E-state index contributed by atoms with van der Waals surface area (Å²) in [5.74, 6) is -0.289. The minimum Gasteiger partial charge on any atom is -0.458 e. The van der Waals surface area contributed by atoms with Crippen LogP contribution >= 0.6 is 0 Å². The zero-order valence-corrected chi connectivity index (χ0v) is 9.93. The van der Waals surface area contributed by atoms with Crippen LogP contribution in [0.4, 0.5) is 5.69 Å². The van der Waals surface area contributed by atoms with E-state index in [0.29, 0.717) is 12.2 Å². The minimum atomic E-state index is -0.289. The summed E-state index contributed by atoms with van der Waals surface area (Å²) in [6.07, 6.45) is 3.65. The molecule has 0 heterocycles. The van der Waals surface area contributed by atoms with Crippen LogP contribution in [-0.2, 0) is 4.74 Å². The first-order chi connectivity index (χ1) is 7.65. The van der Waals surface area contributed by atoms with Crippen molar-refractivity contribution in [1.29, 1.82) is 0 Å². The van der Waals surface area contributed by atoms with Gasteiger partial charge in [0.15, 0.2) is 0 Å². The van der Waals surface area contributed by atoms with Crippen LogP contribution in [0, 0.1) is 0 Å². The number of rotatable bonds is 4. The third-order valence-corrected chi connectivity index (χ3v) is 2.17. The van der Waals surface area contributed by atoms with Gasteiger partial charge in [0, 0.05) is 19.8 Å². The molecule has 3 heteroatoms. The smallest absolute Gasteiger partial charge is 0.338 e. The van der Waals surface area contributed by atoms with Crippen molar-refractivity contribution in [1.82, 2.24) is 0 Å². The van der Waals surface area contributed by atoms with Crippen LogP contribution in [0.1, 0.15) is 17.3 Å². The van der Waals surface area contributed by atoms with Gasteiger partial charge in [0.1, 0.15) is 6.61 Å². The number of ether oxygens (including phenoxy) is 1. The number of benzene rings is 1. The van der Waals surface area contributed by atoms with Gasteiger partial charge in [0.2, 0.25) is 0 Å². The summed E-state index contributed by atoms with van der Waals surface area (Å²) >= 11 is 0. The largest absolute Gasteiger partial charge is 0.458 e. The van der Waals surface area contributed by atoms with Crippen LogP contribution < -0.4 is 4.90 Å². The number of esters is 1. The SMILES string of the molecule is C/C=C/COC(=O)c1ccc(N(C)C)cc1. The molecular formula is C13H17NO2. The molecule has 0 fully saturated rings. The topological polar surface area (TPSA) is 29.5 Å². The van der Waals surface area contributed by atoms with Gasteiger partial charge in [0.05, 0.1) is 5.56 Å². The average Bonchev–Trinajstić information content (AvgIpc) is 2.29. The highest BCUT2D eigenvalue weighted by Crippen LogP contribution is 2.12. The number of hydrogen-bond donors (Lipinski definition) is 0. The van der Waals surface area contributed by atoms with E-state index in [-0.39, 0.29) is 5.97 Å². The highest BCUT2D eigenvalue weighted by Gasteiger charge is 2.05. The van der Waals surface area contributed by atoms with Crippen molar-refractivity contribution in [2.75, 3.05) is 25.6 Å². The van der Waals surface area contributed by atoms with Gasteiger partial charge in [-0.2, -0.15) is 0 Å². The maximum Gasteiger partial charge on any atom is 0.338 e. The molecule has 0 bridgehead atoms. The lowest BCUT2D eigenvalue weighted by atomic mass is 10.2. The summed E-state index contributed by atoms with van der Waals surface area (Å²) in [5, 5.41) is 0. The van der Waals surface area contributed by atoms with Crippen LogP contribution in [0.5, 0.6) is 0 Å². The molecule has 0 atom stereocenters. The fourth-order valence-electron chi connectivity index (χ4n) is 1.20. The predicted octanol–water partition coefficient (Wildman–Crippen LogP) is 2.49. The fourth-order valence-corrected chi connectivity index (χ4v) is 1.20. The van der Waals surface area contributed by atoms with E-state index in [4.69, 9.17) is 4.74 Å². The first-order valence-corrected chi connectivity index (χ1v) is 5.21. The van der Waals surface area contributed by atoms with E-state index >= 15 is 0 Å². The lowest BCUT2D eigenvalue weighted by Crippen LogP contribution is -2.09. The lowest BCUT2D eigenvalue weighted by molar-refractivity contribution is 0.0549. The summed E-state index contributed by atoms with van der Waals surface area (Å²) in [4.78, 5) is 13.5. The van der Waals surface area contributed by atoms with Crippen LogP contribution in [0.2, 0.25) is 0 Å². The molecule has 0 N–H and O–H groups in total. The molecule has 86 valence electrons. The Labute approximate surface area is 96.3 Å². The van der Waals surface area contributed by atoms with Gasteiger partial charge in [-0.1, -0.05) is 12.2 Å². The van der Waals surface area contributed by atoms with Crippen molar-refractivity contribution in [3.05, 3.63) is 42.0 Å². The van der Waals surface area contributed by atoms with E-state index in [9.17, 15) is 4.79 Å². The first kappa shape index (κ1) is 12.3. The maximum absolute atomic E-state index is 11.5. The molecular weight excluding hydrogens is 202 g/mol. The zero-order chi connectivity index (χ0) is 12.0. The van der Waals surface area contributed by atoms with Crippen LogP contribution in [0.25, 0.3) is 0 Å². The monoisotopic (exact) mass is 219 g/mol. The molecule has 0 aliphatic carbocycles. The Hall–Kier alpha value is -1.77. The molecule has 1 rings (SSSR count). The number of hydrogen-bond acceptors (Lipinski definition) is 3. The standard InChI is InChI=1S/C13H17NO2/c1-4-5-10-16-13(15)11-6-8-12(9-7-11)14(2)3/h4-9H,10H2,1-3H3/b5-4+. The van der Waals surface area contributed by atoms with Gasteiger partial charge in [-0.3, -0.25) is 0 Å². The molecule has 0 aromatic heterocycles. The molecule has 16 heavy (non-hydrogen) atoms. The summed E-state index contributed by atoms with van der Waals surface area (Å²) in [6.45, 7) is 2.21. The molecule has 0 saturated carbocycles. The van der Waals surface area contributed by atoms with E-state index in [2.05, 4.69) is 0 Å². The summed E-state index contributed by atoms with van der Waals surface area (Å²) in [5.41, 5.74) is 1.64. The van der Waals surface area contributed by atoms with Crippen molar-refractivity contribution in [3.63, 3.8) is 0 Å². The van der Waals surface area contributed by atoms with Gasteiger partial charge >= 0.3 is 5.97 Å². The van der Waals surface area contributed by atoms with Crippen LogP contribution in [-0.4, -0.2) is 26.7 Å². The number of carbonyl (C=O) groups excluding carboxylic acids is 1. The van der Waals surface area contributed by atoms with Crippen LogP contribution in [0.3, 0.4) is 0 Å². The molecule has 3 nitrogen and oxygen atoms in total. The predicted molar refractivity (Wildman–Crippen MR) is 65.9 cm³/mol. The maximum atomic E-state index is 11.5. The molecule has 0 aliphatic heterocycles. The lowest BCUT2D eigenvalue weighted by Gasteiger charge is -2.12. The Morgan fingerprint density at radius 1 is 1.31 bits per heavy atom. The van der Waals surface area contributed by atoms with Crippen LogP contribution in [0.15, 0.2) is 36.4 Å². The third-order valence-electron chi connectivity index (χ3n) is 2.17. The minimum absolute atomic E-state index is 0.289. The number of allylic oxidation sites excluding steroid dienone is 1. The number of anilines is 1. The summed E-state index contributed by atoms with van der Waals surface area (Å²) in [6, 6.07) is 7.33. The van der Waals surface area contributed by atoms with E-state index in [1.54, 1.807) is 18.2 Å². The summed E-state index contributed by atoms with van der Waals surface area (Å²) in [7, 11) is 3.92. The molecule has 0 aliphatic rings. The highest BCUT2D eigenvalue weighted by atomic mass is 16.5. The van der Waals surface area contributed by atoms with Gasteiger partial charge in [-0.25, -0.2) is 4.79 Å². The highest BCUT2D eigenvalue weighted by molar-refractivity contribution is 5.89. The van der Waals surface area contributed by atoms with Gasteiger partial charge in [-0.15, -0.1) is 0 Å². The van der Waals surface area contributed by atoms with E-state index in [1.165, 1.54) is 0 Å². The molecule has 0 radical (unpaired) electrons. The molecule has 1 aromatic rings. The normalized spacial score (nSPS) is 10.4. The van der Waals surface area contributed by atoms with E-state index in [1.807, 2.05) is 44.1 Å². The molecule has 0 amide bonds. The molecule has 1 aromatic carbocycles. The Morgan fingerprint density at radius 2 is 1.94 bits per heavy atom. The van der Waals surface area contributed by atoms with Crippen molar-refractivity contribution in [3.8, 4) is 0 Å². The van der Waals surface area contributed by atoms with E-state index < -0.39 is 0 Å². The van der Waals surface area contributed by atoms with Crippen molar-refractivity contribution >= 4 is 11.7 Å². The fraction of sp³-hybridized carbons (Fsp3) is 0.308. The second kappa shape index (κ2) is 5.95. The van der Waals surface area contributed by atoms with Gasteiger partial charge < -0.3 is 9.64 Å². The Kier molecular flexibility index (Phi) is 4.58. The Bertz CT molecular complexity index is 366. The third kappa shape index (κ3) is 3.42. The molecule has 0 spiro atoms. The molecule has 0 unspecified atom stereocenters. The number of nitrogens with zero attached hydrogens (tertiary/aromatic N) is 1. The summed E-state index contributed by atoms with van der Waals surface area (Å²) < 4.78 is 5.03. The zero-order valence-electron chi connectivity index (χ0n) is 9.93. The quantitative estimate of drug-likeness (QED) is 0.575. The van der Waals surface area contributed by atoms with Gasteiger partial charge in [-0.05, 0) is 31.2 Å². The van der Waals surface area contributed by atoms with Crippen molar-refractivity contribution in [2.45, 2.75) is 6.92 Å². The van der Waals surface area contributed by atoms with E-state index in [0.717, 1.165) is 5.69 Å². The second-order valence-electron chi connectivity index (χ2n) is 3.61. The van der Waals surface area contributed by atoms with Gasteiger partial charge in [0.25, 0.3) is 0 Å². The van der Waals surface area contributed by atoms with Crippen molar-refractivity contribution in [2.24, 2.45) is 0 Å². The number of carbonyl (C=O) groups is 1. The van der Waals surface area contributed by atoms with Crippen molar-refractivity contribution < 1.29 is 9.53 Å². The molecule has 0 saturated heterocycles. The average molecular weight is 219 g/mol. The first-order valence-electron chi connectivity index (χ1n) is 5.21. The second-order valence-corrected chi connectivity index (χ2v) is 3.61. The Morgan fingerprint density at radius 3 is 2.44 bits per heavy atom. The Balaban J connectivity index is 2.63.